The molecule has 54 heavy (non-hydrogen) atoms. The average Bonchev–Trinajstić information content (AvgIpc) is 3.10. The Labute approximate surface area is 330 Å². The van der Waals surface area contributed by atoms with Crippen LogP contribution in [0.2, 0.25) is 0 Å². The normalized spacial score (nSPS) is 13.7. The van der Waals surface area contributed by atoms with E-state index >= 15 is 0 Å². The number of nitrogens with one attached hydrogen (secondary N) is 4. The van der Waals surface area contributed by atoms with Crippen LogP contribution in [0.3, 0.4) is 0 Å². The molecule has 0 aliphatic carbocycles. The smallest absolute Gasteiger partial charge is 0.253 e. The number of nitrogens with two attached hydrogens (primary N) is 2. The highest BCUT2D eigenvalue weighted by Crippen LogP contribution is 2.21. The van der Waals surface area contributed by atoms with Gasteiger partial charge in [-0.15, -0.1) is 24.8 Å². The predicted molar refractivity (Wildman–Crippen MR) is 215 cm³/mol. The molecule has 0 aliphatic heterocycles. The van der Waals surface area contributed by atoms with Gasteiger partial charge in [-0.25, -0.2) is 0 Å². The van der Waals surface area contributed by atoms with Gasteiger partial charge in [0.25, 0.3) is 5.91 Å². The lowest BCUT2D eigenvalue weighted by Gasteiger charge is -2.29. The first-order valence-corrected chi connectivity index (χ1v) is 18.0. The third-order valence-electron chi connectivity index (χ3n) is 8.73. The largest absolute Gasteiger partial charge is 0.390 e. The monoisotopic (exact) mass is 789 g/mol. The van der Waals surface area contributed by atoms with Crippen molar-refractivity contribution in [1.29, 1.82) is 0 Å². The molecule has 0 bridgehead atoms. The molecule has 0 spiro atoms. The van der Waals surface area contributed by atoms with Crippen molar-refractivity contribution in [3.05, 3.63) is 78.1 Å². The number of benzene rings is 2. The van der Waals surface area contributed by atoms with E-state index in [1.807, 2.05) is 70.2 Å². The molecule has 13 nitrogen and oxygen atoms in total. The number of halogens is 2. The molecule has 0 radical (unpaired) electrons. The van der Waals surface area contributed by atoms with E-state index < -0.39 is 59.8 Å². The minimum absolute atomic E-state index is 0. The summed E-state index contributed by atoms with van der Waals surface area (Å²) in [5.74, 6) is -2.83. The number of primary amides is 1. The third-order valence-corrected chi connectivity index (χ3v) is 8.73. The molecule has 5 atom stereocenters. The minimum atomic E-state index is -1.29. The van der Waals surface area contributed by atoms with Crippen LogP contribution in [0.25, 0.3) is 10.8 Å². The van der Waals surface area contributed by atoms with Crippen LogP contribution in [-0.4, -0.2) is 76.4 Å². The van der Waals surface area contributed by atoms with E-state index in [1.54, 1.807) is 18.3 Å². The summed E-state index contributed by atoms with van der Waals surface area (Å²) in [5, 5.41) is 24.3. The summed E-state index contributed by atoms with van der Waals surface area (Å²) in [6.45, 7) is 8.11. The fourth-order valence-corrected chi connectivity index (χ4v) is 6.08. The summed E-state index contributed by atoms with van der Waals surface area (Å²) in [5.41, 5.74) is 12.1. The third kappa shape index (κ3) is 15.6. The maximum Gasteiger partial charge on any atom is 0.253 e. The zero-order valence-electron chi connectivity index (χ0n) is 31.5. The van der Waals surface area contributed by atoms with Crippen LogP contribution >= 0.6 is 24.8 Å². The van der Waals surface area contributed by atoms with E-state index in [0.717, 1.165) is 16.3 Å². The number of aromatic nitrogens is 1. The highest BCUT2D eigenvalue weighted by molar-refractivity contribution is 5.98. The molecule has 1 heterocycles. The molecular weight excluding hydrogens is 733 g/mol. The van der Waals surface area contributed by atoms with E-state index in [1.165, 1.54) is 6.20 Å². The van der Waals surface area contributed by atoms with Gasteiger partial charge in [0.05, 0.1) is 24.1 Å². The van der Waals surface area contributed by atoms with E-state index in [4.69, 9.17) is 11.5 Å². The number of aliphatic hydroxyl groups is 1. The van der Waals surface area contributed by atoms with Crippen molar-refractivity contribution in [2.75, 3.05) is 6.54 Å². The van der Waals surface area contributed by atoms with Gasteiger partial charge in [-0.05, 0) is 79.0 Å². The summed E-state index contributed by atoms with van der Waals surface area (Å²) in [7, 11) is 0. The molecule has 3 aromatic rings. The number of hydrogen-bond donors (Lipinski definition) is 7. The van der Waals surface area contributed by atoms with Crippen LogP contribution in [-0.2, 0) is 25.6 Å². The van der Waals surface area contributed by atoms with Gasteiger partial charge in [0.1, 0.15) is 18.1 Å². The molecule has 1 aromatic heterocycles. The molecule has 0 unspecified atom stereocenters. The van der Waals surface area contributed by atoms with Crippen LogP contribution in [0.15, 0.2) is 67.0 Å². The van der Waals surface area contributed by atoms with Crippen molar-refractivity contribution in [2.24, 2.45) is 23.3 Å². The molecule has 298 valence electrons. The molecule has 0 saturated heterocycles. The van der Waals surface area contributed by atoms with Gasteiger partial charge in [-0.1, -0.05) is 70.2 Å². The minimum Gasteiger partial charge on any atom is -0.390 e. The number of carbonyl (C=O) groups excluding carboxylic acids is 5. The van der Waals surface area contributed by atoms with Crippen molar-refractivity contribution < 1.29 is 29.1 Å². The number of amides is 5. The maximum atomic E-state index is 14.1. The quantitative estimate of drug-likeness (QED) is 0.0793. The molecular formula is C39H57Cl2N7O6. The highest BCUT2D eigenvalue weighted by atomic mass is 35.5. The molecule has 2 aromatic carbocycles. The number of carbonyl (C=O) groups is 5. The average molecular weight is 791 g/mol. The Hall–Kier alpha value is -4.30. The van der Waals surface area contributed by atoms with Crippen LogP contribution in [0.1, 0.15) is 82.1 Å². The van der Waals surface area contributed by atoms with Gasteiger partial charge >= 0.3 is 0 Å². The van der Waals surface area contributed by atoms with Crippen LogP contribution < -0.4 is 32.7 Å². The van der Waals surface area contributed by atoms with Crippen molar-refractivity contribution in [1.82, 2.24) is 26.3 Å². The van der Waals surface area contributed by atoms with Crippen molar-refractivity contribution >= 4 is 65.1 Å². The molecule has 0 aliphatic rings. The van der Waals surface area contributed by atoms with Crippen molar-refractivity contribution in [2.45, 2.75) is 103 Å². The van der Waals surface area contributed by atoms with Gasteiger partial charge < -0.3 is 37.8 Å². The predicted octanol–water partition coefficient (Wildman–Crippen LogP) is 3.33. The molecule has 9 N–H and O–H groups in total. The second-order valence-electron chi connectivity index (χ2n) is 14.1. The second-order valence-corrected chi connectivity index (χ2v) is 14.1. The van der Waals surface area contributed by atoms with Crippen LogP contribution in [0.4, 0.5) is 0 Å². The fourth-order valence-electron chi connectivity index (χ4n) is 6.08. The lowest BCUT2D eigenvalue weighted by atomic mass is 9.95. The molecule has 0 saturated carbocycles. The van der Waals surface area contributed by atoms with Crippen molar-refractivity contribution in [3.8, 4) is 0 Å². The molecule has 5 amide bonds. The lowest BCUT2D eigenvalue weighted by Crippen LogP contribution is -2.57. The topological polar surface area (TPSA) is 219 Å². The molecule has 0 fully saturated rings. The van der Waals surface area contributed by atoms with Gasteiger partial charge in [-0.3, -0.25) is 29.0 Å². The number of fused-ring (bicyclic) bond motifs is 1. The number of rotatable bonds is 21. The second kappa shape index (κ2) is 24.2. The van der Waals surface area contributed by atoms with Crippen LogP contribution in [0, 0.1) is 11.8 Å². The Bertz CT molecular complexity index is 1640. The van der Waals surface area contributed by atoms with Crippen molar-refractivity contribution in [3.63, 3.8) is 0 Å². The van der Waals surface area contributed by atoms with E-state index in [2.05, 4.69) is 26.3 Å². The zero-order valence-corrected chi connectivity index (χ0v) is 33.1. The molecule has 15 heteroatoms. The maximum absolute atomic E-state index is 14.1. The van der Waals surface area contributed by atoms with Crippen LogP contribution in [0.5, 0.6) is 0 Å². The Balaban J connectivity index is 0.00000729. The number of aliphatic hydroxyl groups excluding tert-OH is 1. The summed E-state index contributed by atoms with van der Waals surface area (Å²) in [4.78, 5) is 70.1. The zero-order chi connectivity index (χ0) is 38.2. The summed E-state index contributed by atoms with van der Waals surface area (Å²) < 4.78 is 0. The Morgan fingerprint density at radius 1 is 0.759 bits per heavy atom. The van der Waals surface area contributed by atoms with E-state index in [-0.39, 0.29) is 61.5 Å². The van der Waals surface area contributed by atoms with E-state index in [0.29, 0.717) is 32.2 Å². The first-order valence-electron chi connectivity index (χ1n) is 18.0. The Morgan fingerprint density at radius 2 is 1.43 bits per heavy atom. The van der Waals surface area contributed by atoms with Gasteiger partial charge in [0.15, 0.2) is 0 Å². The number of hydrogen-bond acceptors (Lipinski definition) is 8. The number of unbranched alkanes of at least 4 members (excludes halogenated alkanes) is 1. The Kier molecular flexibility index (Phi) is 21.4. The number of nitrogens with zero attached hydrogens (tertiary/aromatic N) is 1. The van der Waals surface area contributed by atoms with E-state index in [9.17, 15) is 29.1 Å². The van der Waals surface area contributed by atoms with Gasteiger partial charge in [0.2, 0.25) is 23.6 Å². The summed E-state index contributed by atoms with van der Waals surface area (Å²) in [6, 6.07) is 12.9. The van der Waals surface area contributed by atoms with Gasteiger partial charge in [0, 0.05) is 18.8 Å². The van der Waals surface area contributed by atoms with Gasteiger partial charge in [-0.2, -0.15) is 0 Å². The molecule has 3 rings (SSSR count). The Morgan fingerprint density at radius 3 is 2.06 bits per heavy atom. The fraction of sp³-hybridized carbons (Fsp3) is 0.487. The lowest BCUT2D eigenvalue weighted by molar-refractivity contribution is -0.132. The number of pyridine rings is 1. The first kappa shape index (κ1) is 47.7. The first-order chi connectivity index (χ1) is 24.8. The SMILES string of the molecule is CC(C)C[C@H](NC(=O)[C@H](Cc1cccc2ccccc12)NC(=O)c1cccnc1)C(=O)N[C@@H](CC(C)C)[C@@H](O)CC(=O)N[C@@H](CCCCN)C(N)=O.Cl.Cl. The highest BCUT2D eigenvalue weighted by Gasteiger charge is 2.32. The summed E-state index contributed by atoms with van der Waals surface area (Å²) >= 11 is 0. The standard InChI is InChI=1S/C39H55N7O6.2ClH/c1-24(2)19-31(34(47)22-35(48)43-30(36(41)49)16-7-8-17-40)44-38(51)32(20-25(3)4)46-39(52)33(45-37(50)28-14-10-18-42-23-28)21-27-13-9-12-26-11-5-6-15-29(26)27;;/h5-6,9-15,18,23-25,30-34,47H,7-8,16-17,19-22,40H2,1-4H3,(H2,41,49)(H,43,48)(H,44,51)(H,45,50)(H,46,52);2*1H/t30-,31-,32-,33-,34-;;/m0../s1. The summed E-state index contributed by atoms with van der Waals surface area (Å²) in [6.07, 6.45) is 3.62.